The maximum Gasteiger partial charge on any atom is 0.490 e. The number of nitrogens with zero attached hydrogens (tertiary/aromatic N) is 4. The first-order valence-corrected chi connectivity index (χ1v) is 9.23. The number of hydrogen-bond donors (Lipinski definition) is 1. The molecule has 29 heavy (non-hydrogen) atoms. The monoisotopic (exact) mass is 424 g/mol. The molecule has 1 N–H and O–H groups in total. The highest BCUT2D eigenvalue weighted by atomic mass is 32.1. The summed E-state index contributed by atoms with van der Waals surface area (Å²) in [6.45, 7) is 2.02. The fourth-order valence-electron chi connectivity index (χ4n) is 2.73. The van der Waals surface area contributed by atoms with E-state index in [-0.39, 0.29) is 5.91 Å². The van der Waals surface area contributed by atoms with Gasteiger partial charge < -0.3 is 14.6 Å². The van der Waals surface area contributed by atoms with Gasteiger partial charge in [0.1, 0.15) is 5.82 Å². The van der Waals surface area contributed by atoms with E-state index in [1.54, 1.807) is 35.9 Å². The van der Waals surface area contributed by atoms with Crippen LogP contribution >= 0.6 is 11.3 Å². The molecule has 11 heteroatoms. The molecule has 0 bridgehead atoms. The number of halogens is 3. The Morgan fingerprint density at radius 3 is 2.41 bits per heavy atom. The number of pyridine rings is 1. The van der Waals surface area contributed by atoms with E-state index in [4.69, 9.17) is 9.90 Å². The summed E-state index contributed by atoms with van der Waals surface area (Å²) in [6.07, 6.45) is 0.113. The number of carboxylic acids is 1. The summed E-state index contributed by atoms with van der Waals surface area (Å²) in [5.41, 5.74) is 1.81. The lowest BCUT2D eigenvalue weighted by molar-refractivity contribution is -0.192. The number of aliphatic carboxylic acids is 1. The van der Waals surface area contributed by atoms with E-state index in [0.717, 1.165) is 18.1 Å². The number of carbonyl (C=O) groups excluding carboxylic acids is 1. The van der Waals surface area contributed by atoms with Crippen molar-refractivity contribution in [2.24, 2.45) is 0 Å². The molecule has 0 fully saturated rings. The fraction of sp³-hybridized carbons (Fsp3) is 0.222. The Kier molecular flexibility index (Phi) is 5.97. The van der Waals surface area contributed by atoms with Crippen LogP contribution in [0, 0.1) is 0 Å². The van der Waals surface area contributed by atoms with Crippen LogP contribution in [-0.4, -0.2) is 49.1 Å². The molecule has 152 valence electrons. The molecule has 0 saturated carbocycles. The second kappa shape index (κ2) is 8.43. The normalized spacial score (nSPS) is 13.3. The number of rotatable bonds is 2. The molecular weight excluding hydrogens is 409 g/mol. The molecule has 0 atom stereocenters. The highest BCUT2D eigenvalue weighted by molar-refractivity contribution is 7.13. The predicted molar refractivity (Wildman–Crippen MR) is 98.2 cm³/mol. The highest BCUT2D eigenvalue weighted by Crippen LogP contribution is 2.28. The molecule has 3 aromatic rings. The van der Waals surface area contributed by atoms with Gasteiger partial charge in [0, 0.05) is 31.0 Å². The van der Waals surface area contributed by atoms with E-state index in [9.17, 15) is 18.0 Å². The molecule has 1 aliphatic heterocycles. The van der Waals surface area contributed by atoms with Gasteiger partial charge in [-0.3, -0.25) is 9.78 Å². The number of carboxylic acid groups (broad SMARTS) is 1. The SMILES string of the molecule is O=C(O)C(F)(F)F.O=C(c1ccncc1)N1CCn2c(-c3cccs3)cnc2C1. The minimum Gasteiger partial charge on any atom is -0.475 e. The smallest absolute Gasteiger partial charge is 0.475 e. The minimum absolute atomic E-state index is 0.0364. The fourth-order valence-corrected chi connectivity index (χ4v) is 3.48. The molecule has 0 aromatic carbocycles. The van der Waals surface area contributed by atoms with Gasteiger partial charge in [0.2, 0.25) is 0 Å². The van der Waals surface area contributed by atoms with E-state index >= 15 is 0 Å². The molecule has 0 unspecified atom stereocenters. The van der Waals surface area contributed by atoms with Crippen molar-refractivity contribution in [3.05, 3.63) is 59.6 Å². The Hall–Kier alpha value is -3.21. The molecule has 7 nitrogen and oxygen atoms in total. The van der Waals surface area contributed by atoms with Crippen LogP contribution in [0.4, 0.5) is 13.2 Å². The number of hydrogen-bond acceptors (Lipinski definition) is 5. The molecule has 1 amide bonds. The van der Waals surface area contributed by atoms with E-state index in [1.807, 2.05) is 17.2 Å². The van der Waals surface area contributed by atoms with Crippen LogP contribution < -0.4 is 0 Å². The van der Waals surface area contributed by atoms with Crippen molar-refractivity contribution in [2.45, 2.75) is 19.3 Å². The zero-order chi connectivity index (χ0) is 21.0. The Balaban J connectivity index is 0.000000298. The van der Waals surface area contributed by atoms with Crippen molar-refractivity contribution in [3.63, 3.8) is 0 Å². The molecule has 0 spiro atoms. The van der Waals surface area contributed by atoms with E-state index in [2.05, 4.69) is 26.0 Å². The molecule has 1 aliphatic rings. The molecule has 0 aliphatic carbocycles. The molecule has 3 aromatic heterocycles. The first-order valence-electron chi connectivity index (χ1n) is 8.35. The summed E-state index contributed by atoms with van der Waals surface area (Å²) in [5, 5.41) is 9.19. The van der Waals surface area contributed by atoms with Crippen LogP contribution in [0.5, 0.6) is 0 Å². The van der Waals surface area contributed by atoms with Crippen molar-refractivity contribution in [3.8, 4) is 10.6 Å². The van der Waals surface area contributed by atoms with Crippen molar-refractivity contribution < 1.29 is 27.9 Å². The van der Waals surface area contributed by atoms with Gasteiger partial charge in [0.25, 0.3) is 5.91 Å². The van der Waals surface area contributed by atoms with Gasteiger partial charge in [-0.2, -0.15) is 13.2 Å². The largest absolute Gasteiger partial charge is 0.490 e. The van der Waals surface area contributed by atoms with Gasteiger partial charge >= 0.3 is 12.1 Å². The lowest BCUT2D eigenvalue weighted by atomic mass is 10.2. The second-order valence-corrected chi connectivity index (χ2v) is 6.90. The van der Waals surface area contributed by atoms with Gasteiger partial charge in [0.15, 0.2) is 0 Å². The minimum atomic E-state index is -5.08. The highest BCUT2D eigenvalue weighted by Gasteiger charge is 2.38. The van der Waals surface area contributed by atoms with Crippen molar-refractivity contribution in [1.82, 2.24) is 19.4 Å². The molecule has 4 heterocycles. The van der Waals surface area contributed by atoms with E-state index in [0.29, 0.717) is 18.7 Å². The van der Waals surface area contributed by atoms with Crippen LogP contribution in [0.15, 0.2) is 48.2 Å². The summed E-state index contributed by atoms with van der Waals surface area (Å²) in [5.74, 6) is -1.78. The standard InChI is InChI=1S/C16H14N4OS.C2HF3O2/c21-16(12-3-5-17-6-4-12)19-7-8-20-13(10-18-15(20)11-19)14-2-1-9-22-14;3-2(4,5)1(6)7/h1-6,9-10H,7-8,11H2;(H,6,7). The summed E-state index contributed by atoms with van der Waals surface area (Å²) in [7, 11) is 0. The van der Waals surface area contributed by atoms with Crippen LogP contribution in [0.1, 0.15) is 16.2 Å². The number of alkyl halides is 3. The number of thiophene rings is 1. The quantitative estimate of drug-likeness (QED) is 0.682. The maximum absolute atomic E-state index is 12.5. The number of carbonyl (C=O) groups is 2. The zero-order valence-corrected chi connectivity index (χ0v) is 15.7. The Bertz CT molecular complexity index is 988. The lowest BCUT2D eigenvalue weighted by Gasteiger charge is -2.28. The van der Waals surface area contributed by atoms with Gasteiger partial charge in [-0.1, -0.05) is 6.07 Å². The molecular formula is C18H15F3N4O3S. The number of fused-ring (bicyclic) bond motifs is 1. The van der Waals surface area contributed by atoms with Crippen molar-refractivity contribution >= 4 is 23.2 Å². The van der Waals surface area contributed by atoms with Gasteiger partial charge in [-0.15, -0.1) is 11.3 Å². The molecule has 0 saturated heterocycles. The summed E-state index contributed by atoms with van der Waals surface area (Å²) in [6, 6.07) is 7.65. The van der Waals surface area contributed by atoms with Crippen molar-refractivity contribution in [1.29, 1.82) is 0 Å². The van der Waals surface area contributed by atoms with Gasteiger partial charge in [-0.25, -0.2) is 9.78 Å². The van der Waals surface area contributed by atoms with E-state index in [1.165, 1.54) is 4.88 Å². The Labute approximate surface area is 167 Å². The van der Waals surface area contributed by atoms with Crippen LogP contribution in [-0.2, 0) is 17.9 Å². The molecule has 0 radical (unpaired) electrons. The average Bonchev–Trinajstić information content (AvgIpc) is 3.36. The predicted octanol–water partition coefficient (Wildman–Crippen LogP) is 3.30. The van der Waals surface area contributed by atoms with Crippen molar-refractivity contribution in [2.75, 3.05) is 6.54 Å². The first-order chi connectivity index (χ1) is 13.8. The lowest BCUT2D eigenvalue weighted by Crippen LogP contribution is -2.38. The van der Waals surface area contributed by atoms with Gasteiger partial charge in [-0.05, 0) is 23.6 Å². The number of imidazole rings is 1. The number of aromatic nitrogens is 3. The second-order valence-electron chi connectivity index (χ2n) is 5.95. The topological polar surface area (TPSA) is 88.3 Å². The van der Waals surface area contributed by atoms with Crippen LogP contribution in [0.25, 0.3) is 10.6 Å². The summed E-state index contributed by atoms with van der Waals surface area (Å²) >= 11 is 1.71. The number of amides is 1. The van der Waals surface area contributed by atoms with Gasteiger partial charge in [0.05, 0.1) is 23.3 Å². The maximum atomic E-state index is 12.5. The summed E-state index contributed by atoms with van der Waals surface area (Å²) < 4.78 is 33.9. The molecule has 4 rings (SSSR count). The first kappa shape index (κ1) is 20.5. The Morgan fingerprint density at radius 2 is 1.83 bits per heavy atom. The zero-order valence-electron chi connectivity index (χ0n) is 14.8. The average molecular weight is 424 g/mol. The summed E-state index contributed by atoms with van der Waals surface area (Å²) in [4.78, 5) is 32.9. The third kappa shape index (κ3) is 4.80. The van der Waals surface area contributed by atoms with E-state index < -0.39 is 12.1 Å². The third-order valence-corrected chi connectivity index (χ3v) is 4.99. The third-order valence-electron chi connectivity index (χ3n) is 4.09. The van der Waals surface area contributed by atoms with Crippen LogP contribution in [0.3, 0.4) is 0 Å². The Morgan fingerprint density at radius 1 is 1.14 bits per heavy atom. The van der Waals surface area contributed by atoms with Crippen LogP contribution in [0.2, 0.25) is 0 Å².